The third-order valence-corrected chi connectivity index (χ3v) is 5.06. The summed E-state index contributed by atoms with van der Waals surface area (Å²) in [4.78, 5) is 4.63. The Hall–Kier alpha value is -0.120. The molecule has 2 atom stereocenters. The summed E-state index contributed by atoms with van der Waals surface area (Å²) >= 11 is 0. The molecule has 6 nitrogen and oxygen atoms in total. The summed E-state index contributed by atoms with van der Waals surface area (Å²) in [5, 5.41) is 6.95. The highest BCUT2D eigenvalue weighted by Crippen LogP contribution is 2.48. The number of methoxy groups -OCH3 is 1. The van der Waals surface area contributed by atoms with Gasteiger partial charge in [-0.05, 0) is 33.1 Å². The van der Waals surface area contributed by atoms with E-state index in [0.29, 0.717) is 38.5 Å². The third-order valence-electron chi connectivity index (χ3n) is 5.06. The quantitative estimate of drug-likeness (QED) is 0.198. The zero-order valence-electron chi connectivity index (χ0n) is 16.6. The van der Waals surface area contributed by atoms with Crippen molar-refractivity contribution in [3.63, 3.8) is 0 Å². The Labute approximate surface area is 170 Å². The number of rotatable bonds is 12. The lowest BCUT2D eigenvalue weighted by Gasteiger charge is -2.55. The van der Waals surface area contributed by atoms with Gasteiger partial charge in [-0.1, -0.05) is 13.8 Å². The molecule has 0 aromatic heterocycles. The van der Waals surface area contributed by atoms with Gasteiger partial charge in [0.1, 0.15) is 0 Å². The van der Waals surface area contributed by atoms with Gasteiger partial charge >= 0.3 is 0 Å². The average molecular weight is 471 g/mol. The molecule has 1 fully saturated rings. The molecule has 2 N–H and O–H groups in total. The molecule has 0 aromatic rings. The number of ether oxygens (including phenoxy) is 3. The zero-order chi connectivity index (χ0) is 17.8. The maximum absolute atomic E-state index is 5.95. The molecular formula is C18H38IN3O3. The van der Waals surface area contributed by atoms with Crippen molar-refractivity contribution in [2.75, 3.05) is 46.6 Å². The van der Waals surface area contributed by atoms with Crippen LogP contribution < -0.4 is 10.6 Å². The molecule has 2 unspecified atom stereocenters. The molecule has 1 saturated carbocycles. The minimum atomic E-state index is 0. The number of halogens is 1. The summed E-state index contributed by atoms with van der Waals surface area (Å²) < 4.78 is 16.4. The predicted octanol–water partition coefficient (Wildman–Crippen LogP) is 2.81. The van der Waals surface area contributed by atoms with E-state index in [9.17, 15) is 0 Å². The van der Waals surface area contributed by atoms with Crippen molar-refractivity contribution in [2.45, 2.75) is 59.1 Å². The van der Waals surface area contributed by atoms with Crippen LogP contribution in [0.2, 0.25) is 0 Å². The molecule has 1 rings (SSSR count). The van der Waals surface area contributed by atoms with Gasteiger partial charge in [0, 0.05) is 31.7 Å². The topological polar surface area (TPSA) is 64.1 Å². The number of nitrogens with one attached hydrogen (secondary N) is 2. The fraction of sp³-hybridized carbons (Fsp3) is 0.944. The van der Waals surface area contributed by atoms with Crippen molar-refractivity contribution in [1.82, 2.24) is 10.6 Å². The van der Waals surface area contributed by atoms with Crippen molar-refractivity contribution in [2.24, 2.45) is 10.4 Å². The van der Waals surface area contributed by atoms with Crippen LogP contribution in [0.5, 0.6) is 0 Å². The first-order valence-corrected chi connectivity index (χ1v) is 9.41. The summed E-state index contributed by atoms with van der Waals surface area (Å²) in [7, 11) is 1.68. The molecule has 0 amide bonds. The molecule has 0 spiro atoms. The predicted molar refractivity (Wildman–Crippen MR) is 114 cm³/mol. The SMILES string of the molecule is CCNC(=NCCOCCOC)NC1CC(OCC)C1(CC)CC.I. The molecule has 0 saturated heterocycles. The van der Waals surface area contributed by atoms with Crippen LogP contribution in [-0.4, -0.2) is 64.7 Å². The second kappa shape index (κ2) is 14.0. The van der Waals surface area contributed by atoms with Crippen molar-refractivity contribution >= 4 is 29.9 Å². The maximum Gasteiger partial charge on any atom is 0.191 e. The van der Waals surface area contributed by atoms with Crippen LogP contribution in [0.15, 0.2) is 4.99 Å². The smallest absolute Gasteiger partial charge is 0.191 e. The van der Waals surface area contributed by atoms with E-state index in [1.807, 2.05) is 0 Å². The summed E-state index contributed by atoms with van der Waals surface area (Å²) in [6.45, 7) is 12.8. The summed E-state index contributed by atoms with van der Waals surface area (Å²) in [6, 6.07) is 0.413. The van der Waals surface area contributed by atoms with Crippen LogP contribution in [0.1, 0.15) is 47.0 Å². The molecule has 1 aliphatic rings. The van der Waals surface area contributed by atoms with Gasteiger partial charge in [-0.3, -0.25) is 4.99 Å². The molecule has 0 aliphatic heterocycles. The molecule has 0 heterocycles. The lowest BCUT2D eigenvalue weighted by molar-refractivity contribution is -0.133. The van der Waals surface area contributed by atoms with E-state index in [1.165, 1.54) is 0 Å². The summed E-state index contributed by atoms with van der Waals surface area (Å²) in [5.74, 6) is 0.874. The van der Waals surface area contributed by atoms with Gasteiger partial charge in [-0.2, -0.15) is 0 Å². The highest BCUT2D eigenvalue weighted by molar-refractivity contribution is 14.0. The Bertz CT molecular complexity index is 365. The monoisotopic (exact) mass is 471 g/mol. The second-order valence-electron chi connectivity index (χ2n) is 6.18. The number of hydrogen-bond acceptors (Lipinski definition) is 4. The largest absolute Gasteiger partial charge is 0.382 e. The van der Waals surface area contributed by atoms with Crippen LogP contribution in [0.4, 0.5) is 0 Å². The highest BCUT2D eigenvalue weighted by Gasteiger charge is 2.53. The highest BCUT2D eigenvalue weighted by atomic mass is 127. The van der Waals surface area contributed by atoms with Crippen molar-refractivity contribution in [1.29, 1.82) is 0 Å². The van der Waals surface area contributed by atoms with Gasteiger partial charge < -0.3 is 24.8 Å². The van der Waals surface area contributed by atoms with E-state index in [2.05, 4.69) is 43.3 Å². The Morgan fingerprint density at radius 1 is 1.12 bits per heavy atom. The first-order chi connectivity index (χ1) is 11.7. The van der Waals surface area contributed by atoms with E-state index in [1.54, 1.807) is 7.11 Å². The van der Waals surface area contributed by atoms with Gasteiger partial charge in [0.05, 0.1) is 32.5 Å². The number of aliphatic imine (C=N–C) groups is 1. The Morgan fingerprint density at radius 2 is 1.84 bits per heavy atom. The third kappa shape index (κ3) is 7.19. The molecule has 150 valence electrons. The van der Waals surface area contributed by atoms with E-state index in [-0.39, 0.29) is 29.4 Å². The lowest BCUT2D eigenvalue weighted by Crippen LogP contribution is -2.65. The van der Waals surface area contributed by atoms with Crippen LogP contribution in [0.3, 0.4) is 0 Å². The minimum Gasteiger partial charge on any atom is -0.382 e. The summed E-state index contributed by atoms with van der Waals surface area (Å²) in [5.41, 5.74) is 0.209. The molecule has 0 bridgehead atoms. The molecule has 7 heteroatoms. The second-order valence-corrected chi connectivity index (χ2v) is 6.18. The standard InChI is InChI=1S/C18H37N3O3.HI/c1-6-18(7-2)15(14-16(18)24-9-4)21-17(19-8-3)20-10-11-23-13-12-22-5;/h15-16H,6-14H2,1-5H3,(H2,19,20,21);1H. The molecule has 1 aliphatic carbocycles. The van der Waals surface area contributed by atoms with E-state index < -0.39 is 0 Å². The molecule has 0 radical (unpaired) electrons. The number of nitrogens with zero attached hydrogens (tertiary/aromatic N) is 1. The van der Waals surface area contributed by atoms with Gasteiger partial charge in [-0.25, -0.2) is 0 Å². The summed E-state index contributed by atoms with van der Waals surface area (Å²) in [6.07, 6.45) is 3.64. The number of guanidine groups is 1. The molecule has 0 aromatic carbocycles. The first-order valence-electron chi connectivity index (χ1n) is 9.41. The van der Waals surface area contributed by atoms with Crippen molar-refractivity contribution in [3.8, 4) is 0 Å². The Morgan fingerprint density at radius 3 is 2.40 bits per heavy atom. The Balaban J connectivity index is 0.00000576. The minimum absolute atomic E-state index is 0. The maximum atomic E-state index is 5.95. The van der Waals surface area contributed by atoms with E-state index in [4.69, 9.17) is 14.2 Å². The van der Waals surface area contributed by atoms with Gasteiger partial charge in [0.15, 0.2) is 5.96 Å². The number of hydrogen-bond donors (Lipinski definition) is 2. The average Bonchev–Trinajstić information content (AvgIpc) is 2.58. The molecular weight excluding hydrogens is 433 g/mol. The van der Waals surface area contributed by atoms with Crippen molar-refractivity contribution in [3.05, 3.63) is 0 Å². The van der Waals surface area contributed by atoms with Gasteiger partial charge in [-0.15, -0.1) is 24.0 Å². The van der Waals surface area contributed by atoms with Gasteiger partial charge in [0.25, 0.3) is 0 Å². The van der Waals surface area contributed by atoms with Gasteiger partial charge in [0.2, 0.25) is 0 Å². The molecule has 25 heavy (non-hydrogen) atoms. The van der Waals surface area contributed by atoms with Crippen LogP contribution >= 0.6 is 24.0 Å². The van der Waals surface area contributed by atoms with Crippen LogP contribution in [-0.2, 0) is 14.2 Å². The van der Waals surface area contributed by atoms with E-state index in [0.717, 1.165) is 38.4 Å². The van der Waals surface area contributed by atoms with Crippen LogP contribution in [0.25, 0.3) is 0 Å². The van der Waals surface area contributed by atoms with E-state index >= 15 is 0 Å². The normalized spacial score (nSPS) is 22.0. The van der Waals surface area contributed by atoms with Crippen molar-refractivity contribution < 1.29 is 14.2 Å². The lowest BCUT2D eigenvalue weighted by atomic mass is 9.58. The fourth-order valence-electron chi connectivity index (χ4n) is 3.53. The fourth-order valence-corrected chi connectivity index (χ4v) is 3.53. The van der Waals surface area contributed by atoms with Crippen LogP contribution in [0, 0.1) is 5.41 Å². The Kier molecular flexibility index (Phi) is 13.9. The zero-order valence-corrected chi connectivity index (χ0v) is 18.9. The first kappa shape index (κ1) is 24.9.